The monoisotopic (exact) mass is 427 g/mol. The summed E-state index contributed by atoms with van der Waals surface area (Å²) in [4.78, 5) is 24.0. The first kappa shape index (κ1) is 24.3. The number of hydrogen-bond donors (Lipinski definition) is 1. The molecule has 0 bridgehead atoms. The van der Waals surface area contributed by atoms with Crippen LogP contribution in [0.2, 0.25) is 0 Å². The number of esters is 1. The molecule has 0 aliphatic rings. The van der Waals surface area contributed by atoms with Crippen molar-refractivity contribution in [1.82, 2.24) is 5.32 Å². The van der Waals surface area contributed by atoms with Gasteiger partial charge < -0.3 is 19.5 Å². The van der Waals surface area contributed by atoms with Crippen LogP contribution in [0.1, 0.15) is 57.7 Å². The molecule has 0 atom stereocenters. The first-order valence-electron chi connectivity index (χ1n) is 10.6. The normalized spacial score (nSPS) is 11.2. The van der Waals surface area contributed by atoms with E-state index in [1.807, 2.05) is 69.3 Å². The topological polar surface area (TPSA) is 73.9 Å². The molecule has 168 valence electrons. The minimum Gasteiger partial charge on any atom is -0.489 e. The third-order valence-corrected chi connectivity index (χ3v) is 4.21. The molecule has 0 unspecified atom stereocenters. The van der Waals surface area contributed by atoms with E-state index in [0.29, 0.717) is 25.3 Å². The van der Waals surface area contributed by atoms with Crippen molar-refractivity contribution in [2.75, 3.05) is 0 Å². The van der Waals surface area contributed by atoms with Gasteiger partial charge in [0.15, 0.2) is 0 Å². The van der Waals surface area contributed by atoms with Crippen LogP contribution in [-0.2, 0) is 33.8 Å². The maximum absolute atomic E-state index is 12.2. The highest BCUT2D eigenvalue weighted by Gasteiger charge is 2.17. The van der Waals surface area contributed by atoms with Crippen LogP contribution in [-0.4, -0.2) is 23.8 Å². The Labute approximate surface area is 184 Å². The molecule has 0 aliphatic carbocycles. The molecule has 1 amide bonds. The molecule has 6 nitrogen and oxygen atoms in total. The van der Waals surface area contributed by atoms with Gasteiger partial charge in [-0.2, -0.15) is 0 Å². The molecular formula is C25H33NO5. The van der Waals surface area contributed by atoms with Crippen LogP contribution >= 0.6 is 0 Å². The number of rotatable bonds is 9. The highest BCUT2D eigenvalue weighted by molar-refractivity contribution is 5.70. The second-order valence-corrected chi connectivity index (χ2v) is 8.60. The summed E-state index contributed by atoms with van der Waals surface area (Å²) >= 11 is 0. The molecule has 6 heteroatoms. The van der Waals surface area contributed by atoms with E-state index < -0.39 is 11.7 Å². The van der Waals surface area contributed by atoms with Gasteiger partial charge in [0.1, 0.15) is 18.0 Å². The molecule has 2 aromatic carbocycles. The molecule has 0 aliphatic heterocycles. The minimum atomic E-state index is -0.525. The van der Waals surface area contributed by atoms with Crippen LogP contribution < -0.4 is 10.1 Å². The summed E-state index contributed by atoms with van der Waals surface area (Å²) < 4.78 is 16.5. The maximum atomic E-state index is 12.2. The van der Waals surface area contributed by atoms with Crippen LogP contribution in [0.3, 0.4) is 0 Å². The zero-order valence-electron chi connectivity index (χ0n) is 19.1. The number of hydrogen-bond acceptors (Lipinski definition) is 5. The smallest absolute Gasteiger partial charge is 0.407 e. The predicted octanol–water partition coefficient (Wildman–Crippen LogP) is 5.17. The van der Waals surface area contributed by atoms with Gasteiger partial charge in [0.25, 0.3) is 0 Å². The number of amides is 1. The van der Waals surface area contributed by atoms with E-state index in [9.17, 15) is 9.59 Å². The van der Waals surface area contributed by atoms with E-state index in [1.54, 1.807) is 13.8 Å². The predicted molar refractivity (Wildman–Crippen MR) is 120 cm³/mol. The second-order valence-electron chi connectivity index (χ2n) is 8.60. The SMILES string of the molecule is CC(C)OC(=O)NCc1ccc(OCc2ccccc2)cc1CCC(=O)OC(C)(C)C. The summed E-state index contributed by atoms with van der Waals surface area (Å²) in [6.07, 6.45) is 0.0502. The Balaban J connectivity index is 2.08. The van der Waals surface area contributed by atoms with Crippen molar-refractivity contribution in [3.8, 4) is 5.75 Å². The van der Waals surface area contributed by atoms with Crippen LogP contribution in [0.25, 0.3) is 0 Å². The zero-order chi connectivity index (χ0) is 22.9. The van der Waals surface area contributed by atoms with Gasteiger partial charge in [-0.25, -0.2) is 4.79 Å². The Hall–Kier alpha value is -3.02. The lowest BCUT2D eigenvalue weighted by Crippen LogP contribution is -2.27. The summed E-state index contributed by atoms with van der Waals surface area (Å²) in [5.74, 6) is 0.442. The van der Waals surface area contributed by atoms with Crippen molar-refractivity contribution in [3.63, 3.8) is 0 Å². The fourth-order valence-electron chi connectivity index (χ4n) is 2.89. The molecule has 2 aromatic rings. The molecule has 0 aromatic heterocycles. The first-order valence-corrected chi connectivity index (χ1v) is 10.6. The molecule has 31 heavy (non-hydrogen) atoms. The highest BCUT2D eigenvalue weighted by atomic mass is 16.6. The lowest BCUT2D eigenvalue weighted by molar-refractivity contribution is -0.154. The number of carbonyl (C=O) groups is 2. The molecule has 0 spiro atoms. The summed E-state index contributed by atoms with van der Waals surface area (Å²) in [7, 11) is 0. The molecule has 0 fully saturated rings. The molecule has 0 saturated heterocycles. The Bertz CT molecular complexity index is 856. The molecular weight excluding hydrogens is 394 g/mol. The number of carbonyl (C=O) groups excluding carboxylic acids is 2. The average Bonchev–Trinajstić information content (AvgIpc) is 2.68. The maximum Gasteiger partial charge on any atom is 0.407 e. The van der Waals surface area contributed by atoms with Crippen molar-refractivity contribution < 1.29 is 23.8 Å². The largest absolute Gasteiger partial charge is 0.489 e. The first-order chi connectivity index (χ1) is 14.6. The number of benzene rings is 2. The summed E-state index contributed by atoms with van der Waals surface area (Å²) in [5, 5.41) is 2.76. The number of ether oxygens (including phenoxy) is 3. The average molecular weight is 428 g/mol. The fraction of sp³-hybridized carbons (Fsp3) is 0.440. The highest BCUT2D eigenvalue weighted by Crippen LogP contribution is 2.22. The van der Waals surface area contributed by atoms with E-state index >= 15 is 0 Å². The molecule has 0 radical (unpaired) electrons. The van der Waals surface area contributed by atoms with Gasteiger partial charge in [0.2, 0.25) is 0 Å². The van der Waals surface area contributed by atoms with Crippen molar-refractivity contribution in [2.45, 2.75) is 72.3 Å². The van der Waals surface area contributed by atoms with Gasteiger partial charge in [-0.15, -0.1) is 0 Å². The minimum absolute atomic E-state index is 0.194. The van der Waals surface area contributed by atoms with E-state index in [2.05, 4.69) is 5.32 Å². The standard InChI is InChI=1S/C25H33NO5/c1-18(2)30-24(28)26-16-21-11-13-22(29-17-19-9-7-6-8-10-19)15-20(21)12-14-23(27)31-25(3,4)5/h6-11,13,15,18H,12,14,16-17H2,1-5H3,(H,26,28). The Morgan fingerprint density at radius 2 is 1.71 bits per heavy atom. The van der Waals surface area contributed by atoms with Gasteiger partial charge in [0.05, 0.1) is 6.10 Å². The van der Waals surface area contributed by atoms with Gasteiger partial charge in [-0.05, 0) is 69.9 Å². The third-order valence-electron chi connectivity index (χ3n) is 4.21. The van der Waals surface area contributed by atoms with Crippen molar-refractivity contribution >= 4 is 12.1 Å². The van der Waals surface area contributed by atoms with Crippen molar-refractivity contribution in [2.24, 2.45) is 0 Å². The molecule has 1 N–H and O–H groups in total. The Kier molecular flexibility index (Phi) is 8.91. The van der Waals surface area contributed by atoms with Crippen LogP contribution in [0.4, 0.5) is 4.79 Å². The number of alkyl carbamates (subject to hydrolysis) is 1. The fourth-order valence-corrected chi connectivity index (χ4v) is 2.89. The van der Waals surface area contributed by atoms with Crippen LogP contribution in [0.15, 0.2) is 48.5 Å². The molecule has 2 rings (SSSR count). The van der Waals surface area contributed by atoms with Crippen molar-refractivity contribution in [3.05, 3.63) is 65.2 Å². The number of aryl methyl sites for hydroxylation is 1. The third kappa shape index (κ3) is 9.55. The van der Waals surface area contributed by atoms with Gasteiger partial charge in [-0.1, -0.05) is 36.4 Å². The number of nitrogens with one attached hydrogen (secondary N) is 1. The molecule has 0 saturated carbocycles. The molecule has 0 heterocycles. The van der Waals surface area contributed by atoms with E-state index in [-0.39, 0.29) is 18.5 Å². The second kappa shape index (κ2) is 11.4. The summed E-state index contributed by atoms with van der Waals surface area (Å²) in [5.41, 5.74) is 2.36. The summed E-state index contributed by atoms with van der Waals surface area (Å²) in [6.45, 7) is 9.88. The van der Waals surface area contributed by atoms with Crippen LogP contribution in [0, 0.1) is 0 Å². The lowest BCUT2D eigenvalue weighted by atomic mass is 10.0. The lowest BCUT2D eigenvalue weighted by Gasteiger charge is -2.20. The quantitative estimate of drug-likeness (QED) is 0.559. The zero-order valence-corrected chi connectivity index (χ0v) is 19.1. The van der Waals surface area contributed by atoms with Gasteiger partial charge in [0, 0.05) is 13.0 Å². The van der Waals surface area contributed by atoms with Gasteiger partial charge in [-0.3, -0.25) is 4.79 Å². The van der Waals surface area contributed by atoms with Crippen LogP contribution in [0.5, 0.6) is 5.75 Å². The summed E-state index contributed by atoms with van der Waals surface area (Å²) in [6, 6.07) is 15.6. The van der Waals surface area contributed by atoms with Gasteiger partial charge >= 0.3 is 12.1 Å². The van der Waals surface area contributed by atoms with E-state index in [4.69, 9.17) is 14.2 Å². The van der Waals surface area contributed by atoms with Crippen molar-refractivity contribution in [1.29, 1.82) is 0 Å². The van der Waals surface area contributed by atoms with E-state index in [1.165, 1.54) is 0 Å². The Morgan fingerprint density at radius 1 is 1.00 bits per heavy atom. The Morgan fingerprint density at radius 3 is 2.35 bits per heavy atom. The van der Waals surface area contributed by atoms with E-state index in [0.717, 1.165) is 16.7 Å².